The summed E-state index contributed by atoms with van der Waals surface area (Å²) in [6.45, 7) is 6.25. The van der Waals surface area contributed by atoms with Crippen LogP contribution in [0.5, 0.6) is 0 Å². The van der Waals surface area contributed by atoms with Crippen molar-refractivity contribution in [3.05, 3.63) is 132 Å². The maximum Gasteiger partial charge on any atom is 0.0857 e. The molecule has 0 amide bonds. The molecule has 0 saturated carbocycles. The first-order valence-electron chi connectivity index (χ1n) is 12.8. The Balaban J connectivity index is 1.21. The molecule has 4 heteroatoms. The van der Waals surface area contributed by atoms with Crippen LogP contribution in [0.1, 0.15) is 16.8 Å². The van der Waals surface area contributed by atoms with Gasteiger partial charge < -0.3 is 4.40 Å². The Labute approximate surface area is 223 Å². The highest BCUT2D eigenvalue weighted by Crippen LogP contribution is 2.31. The summed E-state index contributed by atoms with van der Waals surface area (Å²) in [5, 5.41) is 8.92. The highest BCUT2D eigenvalue weighted by molar-refractivity contribution is 5.77. The van der Waals surface area contributed by atoms with Crippen LogP contribution in [0.25, 0.3) is 38.9 Å². The molecule has 6 aromatic rings. The Kier molecular flexibility index (Phi) is 6.14. The van der Waals surface area contributed by atoms with E-state index in [4.69, 9.17) is 0 Å². The average molecular weight is 493 g/mol. The average Bonchev–Trinajstić information content (AvgIpc) is 3.37. The van der Waals surface area contributed by atoms with E-state index in [2.05, 4.69) is 113 Å². The van der Waals surface area contributed by atoms with Crippen LogP contribution in [0.4, 0.5) is 11.4 Å². The Morgan fingerprint density at radius 2 is 1.16 bits per heavy atom. The van der Waals surface area contributed by atoms with Gasteiger partial charge in [-0.3, -0.25) is 4.98 Å². The van der Waals surface area contributed by atoms with Crippen molar-refractivity contribution in [3.8, 4) is 33.4 Å². The Morgan fingerprint density at radius 3 is 1.79 bits per heavy atom. The van der Waals surface area contributed by atoms with Gasteiger partial charge in [0, 0.05) is 35.4 Å². The normalized spacial score (nSPS) is 11.4. The summed E-state index contributed by atoms with van der Waals surface area (Å²) in [6, 6.07) is 33.6. The number of aryl methyl sites for hydroxylation is 3. The van der Waals surface area contributed by atoms with E-state index in [0.29, 0.717) is 0 Å². The van der Waals surface area contributed by atoms with Crippen molar-refractivity contribution >= 4 is 16.9 Å². The van der Waals surface area contributed by atoms with Gasteiger partial charge in [0.25, 0.3) is 0 Å². The molecule has 0 spiro atoms. The summed E-state index contributed by atoms with van der Waals surface area (Å²) in [6.07, 6.45) is 6.31. The van der Waals surface area contributed by atoms with Gasteiger partial charge in [-0.1, -0.05) is 54.6 Å². The molecule has 4 nitrogen and oxygen atoms in total. The van der Waals surface area contributed by atoms with Crippen LogP contribution in [0.15, 0.2) is 126 Å². The summed E-state index contributed by atoms with van der Waals surface area (Å²) in [4.78, 5) is 4.37. The lowest BCUT2D eigenvalue weighted by molar-refractivity contribution is 1.17. The molecule has 6 rings (SSSR count). The van der Waals surface area contributed by atoms with Crippen LogP contribution in [0.2, 0.25) is 0 Å². The molecule has 0 fully saturated rings. The monoisotopic (exact) mass is 492 g/mol. The summed E-state index contributed by atoms with van der Waals surface area (Å²) in [7, 11) is 0. The van der Waals surface area contributed by atoms with Crippen molar-refractivity contribution < 1.29 is 0 Å². The molecular formula is C34H28N4. The van der Waals surface area contributed by atoms with Gasteiger partial charge in [0.15, 0.2) is 0 Å². The number of fused-ring (bicyclic) bond motifs is 1. The standard InChI is InChI=1S/C34H28N4/c1-23-20-35-25(3)17-33(23)27-9-13-30(14-10-27)36-37-31-15-11-28(12-16-31)34-19-32-18-29(22-38(32)21-24(34)2)26-7-5-4-6-8-26/h4-22H,1-3H3. The number of aromatic nitrogens is 2. The molecule has 3 aromatic heterocycles. The van der Waals surface area contributed by atoms with E-state index in [9.17, 15) is 0 Å². The lowest BCUT2D eigenvalue weighted by Crippen LogP contribution is -1.89. The predicted octanol–water partition coefficient (Wildman–Crippen LogP) is 9.68. The second-order valence-corrected chi connectivity index (χ2v) is 9.73. The first-order chi connectivity index (χ1) is 18.5. The Morgan fingerprint density at radius 1 is 0.553 bits per heavy atom. The van der Waals surface area contributed by atoms with Crippen LogP contribution in [0.3, 0.4) is 0 Å². The van der Waals surface area contributed by atoms with E-state index in [1.165, 1.54) is 38.9 Å². The molecule has 38 heavy (non-hydrogen) atoms. The Bertz CT molecular complexity index is 1760. The van der Waals surface area contributed by atoms with Crippen molar-refractivity contribution in [1.29, 1.82) is 0 Å². The van der Waals surface area contributed by atoms with Crippen molar-refractivity contribution in [2.45, 2.75) is 20.8 Å². The van der Waals surface area contributed by atoms with Crippen LogP contribution in [0, 0.1) is 20.8 Å². The molecule has 0 saturated heterocycles. The molecule has 3 heterocycles. The quantitative estimate of drug-likeness (QED) is 0.221. The molecule has 3 aromatic carbocycles. The molecule has 0 N–H and O–H groups in total. The van der Waals surface area contributed by atoms with Gasteiger partial charge in [-0.2, -0.15) is 10.2 Å². The number of pyridine rings is 2. The van der Waals surface area contributed by atoms with E-state index < -0.39 is 0 Å². The van der Waals surface area contributed by atoms with Crippen LogP contribution >= 0.6 is 0 Å². The van der Waals surface area contributed by atoms with E-state index in [1.807, 2.05) is 43.5 Å². The molecule has 0 aliphatic heterocycles. The zero-order valence-electron chi connectivity index (χ0n) is 21.8. The maximum atomic E-state index is 4.47. The first kappa shape index (κ1) is 23.6. The first-order valence-corrected chi connectivity index (χ1v) is 12.8. The number of azo groups is 1. The van der Waals surface area contributed by atoms with Gasteiger partial charge >= 0.3 is 0 Å². The molecule has 0 bridgehead atoms. The third-order valence-corrected chi connectivity index (χ3v) is 6.91. The number of hydrogen-bond acceptors (Lipinski definition) is 3. The Hall–Kier alpha value is -4.83. The molecule has 0 radical (unpaired) electrons. The number of benzene rings is 3. The fourth-order valence-corrected chi connectivity index (χ4v) is 4.83. The van der Waals surface area contributed by atoms with Crippen LogP contribution in [-0.4, -0.2) is 9.38 Å². The minimum atomic E-state index is 0.824. The zero-order valence-corrected chi connectivity index (χ0v) is 21.8. The molecular weight excluding hydrogens is 464 g/mol. The van der Waals surface area contributed by atoms with Gasteiger partial charge in [0.05, 0.1) is 11.4 Å². The minimum Gasteiger partial charge on any atom is -0.323 e. The largest absolute Gasteiger partial charge is 0.323 e. The van der Waals surface area contributed by atoms with Crippen LogP contribution < -0.4 is 0 Å². The fraction of sp³-hybridized carbons (Fsp3) is 0.0882. The summed E-state index contributed by atoms with van der Waals surface area (Å²) < 4.78 is 2.20. The molecule has 0 unspecified atom stereocenters. The van der Waals surface area contributed by atoms with Gasteiger partial charge in [0.2, 0.25) is 0 Å². The molecule has 184 valence electrons. The third-order valence-electron chi connectivity index (χ3n) is 6.91. The number of rotatable bonds is 5. The second kappa shape index (κ2) is 9.91. The van der Waals surface area contributed by atoms with Gasteiger partial charge in [0.1, 0.15) is 0 Å². The van der Waals surface area contributed by atoms with Gasteiger partial charge in [-0.25, -0.2) is 0 Å². The third kappa shape index (κ3) is 4.76. The molecule has 0 atom stereocenters. The number of nitrogens with zero attached hydrogens (tertiary/aromatic N) is 4. The summed E-state index contributed by atoms with van der Waals surface area (Å²) in [5.41, 5.74) is 13.4. The lowest BCUT2D eigenvalue weighted by atomic mass is 10.0. The minimum absolute atomic E-state index is 0.824. The number of hydrogen-bond donors (Lipinski definition) is 0. The van der Waals surface area contributed by atoms with Crippen molar-refractivity contribution in [2.24, 2.45) is 10.2 Å². The summed E-state index contributed by atoms with van der Waals surface area (Å²) >= 11 is 0. The van der Waals surface area contributed by atoms with Crippen molar-refractivity contribution in [2.75, 3.05) is 0 Å². The smallest absolute Gasteiger partial charge is 0.0857 e. The van der Waals surface area contributed by atoms with Gasteiger partial charge in [-0.05, 0) is 102 Å². The lowest BCUT2D eigenvalue weighted by Gasteiger charge is -2.08. The zero-order chi connectivity index (χ0) is 26.1. The van der Waals surface area contributed by atoms with Crippen molar-refractivity contribution in [3.63, 3.8) is 0 Å². The van der Waals surface area contributed by atoms with Crippen LogP contribution in [-0.2, 0) is 0 Å². The van der Waals surface area contributed by atoms with E-state index in [0.717, 1.165) is 28.2 Å². The van der Waals surface area contributed by atoms with Crippen molar-refractivity contribution in [1.82, 2.24) is 9.38 Å². The van der Waals surface area contributed by atoms with E-state index >= 15 is 0 Å². The molecule has 0 aliphatic rings. The van der Waals surface area contributed by atoms with E-state index in [-0.39, 0.29) is 0 Å². The van der Waals surface area contributed by atoms with Gasteiger partial charge in [-0.15, -0.1) is 0 Å². The fourth-order valence-electron chi connectivity index (χ4n) is 4.83. The predicted molar refractivity (Wildman–Crippen MR) is 156 cm³/mol. The highest BCUT2D eigenvalue weighted by atomic mass is 15.1. The second-order valence-electron chi connectivity index (χ2n) is 9.73. The highest BCUT2D eigenvalue weighted by Gasteiger charge is 2.08. The topological polar surface area (TPSA) is 42.0 Å². The van der Waals surface area contributed by atoms with E-state index in [1.54, 1.807) is 0 Å². The summed E-state index contributed by atoms with van der Waals surface area (Å²) in [5.74, 6) is 0. The maximum absolute atomic E-state index is 4.47. The SMILES string of the molecule is Cc1cc(-c2ccc(N=Nc3ccc(-c4cc5cc(-c6ccccc6)cn5cc4C)cc3)cc2)c(C)cn1. The molecule has 0 aliphatic carbocycles.